The SMILES string of the molecule is FC(F)(F)Oc1ccc(Nc2ccc(Cl)cn2)cn1. The molecule has 8 heteroatoms. The normalized spacial score (nSPS) is 11.2. The standard InChI is InChI=1S/C11H7ClF3N3O/c12-7-1-3-9(16-5-7)18-8-2-4-10(17-6-8)19-11(13,14)15/h1-6H,(H,16,18). The third kappa shape index (κ3) is 4.29. The summed E-state index contributed by atoms with van der Waals surface area (Å²) < 4.78 is 39.4. The summed E-state index contributed by atoms with van der Waals surface area (Å²) in [6.07, 6.45) is -2.10. The van der Waals surface area contributed by atoms with Gasteiger partial charge in [0.2, 0.25) is 5.88 Å². The van der Waals surface area contributed by atoms with E-state index in [0.717, 1.165) is 6.07 Å². The van der Waals surface area contributed by atoms with Crippen LogP contribution in [-0.4, -0.2) is 16.3 Å². The molecule has 4 nitrogen and oxygen atoms in total. The number of rotatable bonds is 3. The van der Waals surface area contributed by atoms with Crippen LogP contribution in [0.15, 0.2) is 36.7 Å². The minimum Gasteiger partial charge on any atom is -0.388 e. The highest BCUT2D eigenvalue weighted by molar-refractivity contribution is 6.30. The van der Waals surface area contributed by atoms with Crippen molar-refractivity contribution in [3.8, 4) is 5.88 Å². The Hall–Kier alpha value is -2.02. The van der Waals surface area contributed by atoms with Crippen LogP contribution >= 0.6 is 11.6 Å². The molecular weight excluding hydrogens is 283 g/mol. The molecular formula is C11H7ClF3N3O. The van der Waals surface area contributed by atoms with Gasteiger partial charge in [-0.3, -0.25) is 0 Å². The van der Waals surface area contributed by atoms with Gasteiger partial charge in [0.05, 0.1) is 16.9 Å². The van der Waals surface area contributed by atoms with Crippen LogP contribution in [0.25, 0.3) is 0 Å². The smallest absolute Gasteiger partial charge is 0.388 e. The minimum absolute atomic E-state index is 0.476. The maximum Gasteiger partial charge on any atom is 0.574 e. The molecule has 0 saturated carbocycles. The number of nitrogens with zero attached hydrogens (tertiary/aromatic N) is 2. The van der Waals surface area contributed by atoms with Crippen molar-refractivity contribution in [3.63, 3.8) is 0 Å². The summed E-state index contributed by atoms with van der Waals surface area (Å²) in [5.41, 5.74) is 0.476. The van der Waals surface area contributed by atoms with E-state index in [1.165, 1.54) is 18.5 Å². The Morgan fingerprint density at radius 3 is 2.37 bits per heavy atom. The van der Waals surface area contributed by atoms with E-state index in [1.54, 1.807) is 12.1 Å². The number of halogens is 4. The molecule has 0 aromatic carbocycles. The molecule has 0 bridgehead atoms. The van der Waals surface area contributed by atoms with Crippen molar-refractivity contribution in [2.75, 3.05) is 5.32 Å². The van der Waals surface area contributed by atoms with Crippen molar-refractivity contribution in [3.05, 3.63) is 41.7 Å². The van der Waals surface area contributed by atoms with Crippen LogP contribution in [0.5, 0.6) is 5.88 Å². The molecule has 0 radical (unpaired) electrons. The molecule has 0 aliphatic heterocycles. The third-order valence-corrected chi connectivity index (χ3v) is 2.18. The van der Waals surface area contributed by atoms with Gasteiger partial charge in [0, 0.05) is 12.3 Å². The Morgan fingerprint density at radius 2 is 1.84 bits per heavy atom. The number of pyridine rings is 2. The first-order chi connectivity index (χ1) is 8.92. The molecule has 0 spiro atoms. The first-order valence-corrected chi connectivity index (χ1v) is 5.40. The van der Waals surface area contributed by atoms with Crippen LogP contribution in [0, 0.1) is 0 Å². The van der Waals surface area contributed by atoms with Crippen molar-refractivity contribution in [1.29, 1.82) is 0 Å². The van der Waals surface area contributed by atoms with Gasteiger partial charge < -0.3 is 10.1 Å². The summed E-state index contributed by atoms with van der Waals surface area (Å²) >= 11 is 5.67. The van der Waals surface area contributed by atoms with E-state index < -0.39 is 12.2 Å². The average Bonchev–Trinajstić information content (AvgIpc) is 2.33. The number of ether oxygens (including phenoxy) is 1. The van der Waals surface area contributed by atoms with Crippen LogP contribution < -0.4 is 10.1 Å². The molecule has 2 aromatic rings. The zero-order valence-corrected chi connectivity index (χ0v) is 10.0. The Morgan fingerprint density at radius 1 is 1.05 bits per heavy atom. The van der Waals surface area contributed by atoms with Gasteiger partial charge in [-0.2, -0.15) is 0 Å². The Bertz CT molecular complexity index is 543. The fourth-order valence-corrected chi connectivity index (χ4v) is 1.34. The van der Waals surface area contributed by atoms with Crippen molar-refractivity contribution in [1.82, 2.24) is 9.97 Å². The van der Waals surface area contributed by atoms with Crippen molar-refractivity contribution < 1.29 is 17.9 Å². The van der Waals surface area contributed by atoms with E-state index in [9.17, 15) is 13.2 Å². The number of hydrogen-bond acceptors (Lipinski definition) is 4. The molecule has 19 heavy (non-hydrogen) atoms. The first kappa shape index (κ1) is 13.4. The lowest BCUT2D eigenvalue weighted by Crippen LogP contribution is -2.17. The van der Waals surface area contributed by atoms with E-state index in [0.29, 0.717) is 16.5 Å². The molecule has 0 unspecified atom stereocenters. The molecule has 2 heterocycles. The molecule has 0 atom stereocenters. The maximum atomic E-state index is 11.9. The summed E-state index contributed by atoms with van der Waals surface area (Å²) in [6, 6.07) is 5.75. The molecule has 0 saturated heterocycles. The number of aromatic nitrogens is 2. The van der Waals surface area contributed by atoms with Crippen molar-refractivity contribution >= 4 is 23.1 Å². The Labute approximate surface area is 111 Å². The second-order valence-electron chi connectivity index (χ2n) is 3.42. The van der Waals surface area contributed by atoms with Gasteiger partial charge in [-0.15, -0.1) is 13.2 Å². The van der Waals surface area contributed by atoms with Gasteiger partial charge in [0.1, 0.15) is 5.82 Å². The van der Waals surface area contributed by atoms with Crippen LogP contribution in [0.3, 0.4) is 0 Å². The fraction of sp³-hybridized carbons (Fsp3) is 0.0909. The van der Waals surface area contributed by atoms with Gasteiger partial charge in [0.15, 0.2) is 0 Å². The molecule has 0 aliphatic carbocycles. The lowest BCUT2D eigenvalue weighted by atomic mass is 10.4. The lowest BCUT2D eigenvalue weighted by molar-refractivity contribution is -0.276. The molecule has 0 aliphatic rings. The molecule has 0 fully saturated rings. The van der Waals surface area contributed by atoms with E-state index in [1.807, 2.05) is 0 Å². The molecule has 100 valence electrons. The number of hydrogen-bond donors (Lipinski definition) is 1. The largest absolute Gasteiger partial charge is 0.574 e. The number of alkyl halides is 3. The highest BCUT2D eigenvalue weighted by Gasteiger charge is 2.31. The van der Waals surface area contributed by atoms with Gasteiger partial charge >= 0.3 is 6.36 Å². The molecule has 2 aromatic heterocycles. The van der Waals surface area contributed by atoms with Gasteiger partial charge in [-0.05, 0) is 18.2 Å². The highest BCUT2D eigenvalue weighted by Crippen LogP contribution is 2.22. The fourth-order valence-electron chi connectivity index (χ4n) is 1.23. The average molecular weight is 290 g/mol. The van der Waals surface area contributed by atoms with Crippen molar-refractivity contribution in [2.45, 2.75) is 6.36 Å². The summed E-state index contributed by atoms with van der Waals surface area (Å²) in [7, 11) is 0. The first-order valence-electron chi connectivity index (χ1n) is 5.03. The predicted octanol–water partition coefficient (Wildman–Crippen LogP) is 3.77. The molecule has 0 amide bonds. The lowest BCUT2D eigenvalue weighted by Gasteiger charge is -2.09. The van der Waals surface area contributed by atoms with Crippen molar-refractivity contribution in [2.24, 2.45) is 0 Å². The number of nitrogens with one attached hydrogen (secondary N) is 1. The summed E-state index contributed by atoms with van der Waals surface area (Å²) in [5.74, 6) is -0.0298. The quantitative estimate of drug-likeness (QED) is 0.934. The van der Waals surface area contributed by atoms with E-state index in [2.05, 4.69) is 20.0 Å². The highest BCUT2D eigenvalue weighted by atomic mass is 35.5. The van der Waals surface area contributed by atoms with Gasteiger partial charge in [-0.1, -0.05) is 11.6 Å². The van der Waals surface area contributed by atoms with Crippen LogP contribution in [0.1, 0.15) is 0 Å². The molecule has 1 N–H and O–H groups in total. The van der Waals surface area contributed by atoms with Gasteiger partial charge in [0.25, 0.3) is 0 Å². The zero-order chi connectivity index (χ0) is 13.9. The third-order valence-electron chi connectivity index (χ3n) is 1.96. The maximum absolute atomic E-state index is 11.9. The zero-order valence-electron chi connectivity index (χ0n) is 9.28. The van der Waals surface area contributed by atoms with E-state index in [4.69, 9.17) is 11.6 Å². The molecule has 2 rings (SSSR count). The monoisotopic (exact) mass is 289 g/mol. The predicted molar refractivity (Wildman–Crippen MR) is 63.4 cm³/mol. The van der Waals surface area contributed by atoms with Gasteiger partial charge in [-0.25, -0.2) is 9.97 Å². The topological polar surface area (TPSA) is 47.0 Å². The van der Waals surface area contributed by atoms with Crippen LogP contribution in [0.4, 0.5) is 24.7 Å². The summed E-state index contributed by atoms with van der Waals surface area (Å²) in [4.78, 5) is 7.49. The summed E-state index contributed by atoms with van der Waals surface area (Å²) in [6.45, 7) is 0. The summed E-state index contributed by atoms with van der Waals surface area (Å²) in [5, 5.41) is 3.34. The second kappa shape index (κ2) is 5.31. The Balaban J connectivity index is 2.04. The number of anilines is 2. The van der Waals surface area contributed by atoms with Crippen LogP contribution in [0.2, 0.25) is 5.02 Å². The van der Waals surface area contributed by atoms with Crippen LogP contribution in [-0.2, 0) is 0 Å². The minimum atomic E-state index is -4.75. The van der Waals surface area contributed by atoms with E-state index in [-0.39, 0.29) is 0 Å². The van der Waals surface area contributed by atoms with E-state index >= 15 is 0 Å². The Kier molecular flexibility index (Phi) is 3.75. The second-order valence-corrected chi connectivity index (χ2v) is 3.86.